The third kappa shape index (κ3) is 5.30. The first-order valence-electron chi connectivity index (χ1n) is 8.06. The van der Waals surface area contributed by atoms with Crippen LogP contribution in [0, 0.1) is 11.8 Å². The molecule has 118 valence electrons. The van der Waals surface area contributed by atoms with Crippen molar-refractivity contribution < 1.29 is 4.79 Å². The summed E-state index contributed by atoms with van der Waals surface area (Å²) < 4.78 is 0. The minimum Gasteiger partial charge on any atom is -0.350 e. The van der Waals surface area contributed by atoms with Crippen molar-refractivity contribution in [3.05, 3.63) is 70.8 Å². The van der Waals surface area contributed by atoms with Crippen molar-refractivity contribution in [2.45, 2.75) is 39.7 Å². The average molecular weight is 305 g/mol. The summed E-state index contributed by atoms with van der Waals surface area (Å²) in [4.78, 5) is 11.1. The summed E-state index contributed by atoms with van der Waals surface area (Å²) in [6.45, 7) is 5.69. The van der Waals surface area contributed by atoms with E-state index >= 15 is 0 Å². The van der Waals surface area contributed by atoms with E-state index in [0.717, 1.165) is 29.5 Å². The van der Waals surface area contributed by atoms with E-state index in [1.54, 1.807) is 0 Å². The molecule has 0 bridgehead atoms. The fourth-order valence-corrected chi connectivity index (χ4v) is 2.43. The Morgan fingerprint density at radius 1 is 1.00 bits per heavy atom. The van der Waals surface area contributed by atoms with Gasteiger partial charge in [0.25, 0.3) is 0 Å². The van der Waals surface area contributed by atoms with Gasteiger partial charge in [-0.25, -0.2) is 0 Å². The molecule has 1 N–H and O–H groups in total. The van der Waals surface area contributed by atoms with Gasteiger partial charge in [0.15, 0.2) is 0 Å². The van der Waals surface area contributed by atoms with Gasteiger partial charge < -0.3 is 5.32 Å². The molecule has 1 atom stereocenters. The molecule has 23 heavy (non-hydrogen) atoms. The van der Waals surface area contributed by atoms with Crippen molar-refractivity contribution in [2.24, 2.45) is 0 Å². The molecule has 0 aromatic heterocycles. The van der Waals surface area contributed by atoms with E-state index in [1.807, 2.05) is 31.2 Å². The zero-order valence-corrected chi connectivity index (χ0v) is 14.0. The molecule has 0 spiro atoms. The summed E-state index contributed by atoms with van der Waals surface area (Å²) in [5, 5.41) is 2.88. The molecule has 1 unspecified atom stereocenters. The molecule has 0 aliphatic rings. The summed E-state index contributed by atoms with van der Waals surface area (Å²) in [6, 6.07) is 16.5. The highest BCUT2D eigenvalue weighted by Crippen LogP contribution is 2.13. The van der Waals surface area contributed by atoms with Crippen molar-refractivity contribution in [2.75, 3.05) is 0 Å². The number of rotatable bonds is 4. The zero-order valence-electron chi connectivity index (χ0n) is 14.0. The molecule has 0 heterocycles. The maximum absolute atomic E-state index is 11.1. The first-order valence-corrected chi connectivity index (χ1v) is 8.06. The Kier molecular flexibility index (Phi) is 6.00. The molecule has 0 fully saturated rings. The number of amides is 1. The lowest BCUT2D eigenvalue weighted by molar-refractivity contribution is -0.119. The number of carbonyl (C=O) groups is 1. The van der Waals surface area contributed by atoms with Crippen LogP contribution in [0.25, 0.3) is 0 Å². The quantitative estimate of drug-likeness (QED) is 0.841. The van der Waals surface area contributed by atoms with Crippen LogP contribution in [0.15, 0.2) is 48.5 Å². The first-order chi connectivity index (χ1) is 11.1. The van der Waals surface area contributed by atoms with Crippen LogP contribution < -0.4 is 5.32 Å². The van der Waals surface area contributed by atoms with Gasteiger partial charge in [0, 0.05) is 18.1 Å². The number of carbonyl (C=O) groups excluding carboxylic acids is 1. The maximum Gasteiger partial charge on any atom is 0.217 e. The van der Waals surface area contributed by atoms with Crippen LogP contribution in [0.3, 0.4) is 0 Å². The Labute approximate surface area is 138 Å². The molecule has 1 amide bonds. The number of aryl methyl sites for hydroxylation is 1. The predicted molar refractivity (Wildman–Crippen MR) is 95.1 cm³/mol. The summed E-state index contributed by atoms with van der Waals surface area (Å²) in [7, 11) is 0. The van der Waals surface area contributed by atoms with E-state index < -0.39 is 0 Å². The van der Waals surface area contributed by atoms with Gasteiger partial charge in [-0.1, -0.05) is 49.5 Å². The van der Waals surface area contributed by atoms with E-state index in [0.29, 0.717) is 0 Å². The monoisotopic (exact) mass is 305 g/mol. The highest BCUT2D eigenvalue weighted by molar-refractivity contribution is 5.73. The third-order valence-corrected chi connectivity index (χ3v) is 3.67. The fourth-order valence-electron chi connectivity index (χ4n) is 2.43. The summed E-state index contributed by atoms with van der Waals surface area (Å²) in [5.41, 5.74) is 4.44. The molecular formula is C21H23NO. The second-order valence-electron chi connectivity index (χ2n) is 5.74. The minimum absolute atomic E-state index is 0.0145. The highest BCUT2D eigenvalue weighted by Gasteiger charge is 2.05. The van der Waals surface area contributed by atoms with Gasteiger partial charge >= 0.3 is 0 Å². The average Bonchev–Trinajstić information content (AvgIpc) is 2.54. The number of hydrogen-bond acceptors (Lipinski definition) is 1. The Morgan fingerprint density at radius 3 is 2.00 bits per heavy atom. The standard InChI is InChI=1S/C21H23NO/c1-4-5-18-6-8-19(9-7-18)10-11-20-12-14-21(15-13-20)16(2)22-17(3)23/h6-9,12-16H,4-5H2,1-3H3,(H,22,23). The lowest BCUT2D eigenvalue weighted by atomic mass is 10.1. The van der Waals surface area contributed by atoms with Crippen LogP contribution in [-0.4, -0.2) is 5.91 Å². The second-order valence-corrected chi connectivity index (χ2v) is 5.74. The molecule has 0 radical (unpaired) electrons. The normalized spacial score (nSPS) is 11.3. The van der Waals surface area contributed by atoms with Gasteiger partial charge in [0.1, 0.15) is 0 Å². The summed E-state index contributed by atoms with van der Waals surface area (Å²) >= 11 is 0. The largest absolute Gasteiger partial charge is 0.350 e. The molecule has 2 rings (SSSR count). The Hall–Kier alpha value is -2.53. The van der Waals surface area contributed by atoms with Gasteiger partial charge in [-0.15, -0.1) is 0 Å². The van der Waals surface area contributed by atoms with E-state index in [-0.39, 0.29) is 11.9 Å². The lowest BCUT2D eigenvalue weighted by Crippen LogP contribution is -2.23. The minimum atomic E-state index is -0.0205. The molecular weight excluding hydrogens is 282 g/mol. The smallest absolute Gasteiger partial charge is 0.217 e. The Bertz CT molecular complexity index is 702. The van der Waals surface area contributed by atoms with E-state index in [1.165, 1.54) is 12.5 Å². The van der Waals surface area contributed by atoms with Gasteiger partial charge in [-0.05, 0) is 48.7 Å². The first kappa shape index (κ1) is 16.8. The molecule has 2 nitrogen and oxygen atoms in total. The van der Waals surface area contributed by atoms with Crippen LogP contribution in [0.1, 0.15) is 55.5 Å². The topological polar surface area (TPSA) is 29.1 Å². The molecule has 2 aromatic carbocycles. The molecule has 0 saturated carbocycles. The van der Waals surface area contributed by atoms with Gasteiger partial charge in [0.05, 0.1) is 6.04 Å². The molecule has 2 heteroatoms. The van der Waals surface area contributed by atoms with Gasteiger partial charge in [0.2, 0.25) is 5.91 Å². The number of nitrogens with one attached hydrogen (secondary N) is 1. The van der Waals surface area contributed by atoms with Crippen LogP contribution in [0.2, 0.25) is 0 Å². The summed E-state index contributed by atoms with van der Waals surface area (Å²) in [6.07, 6.45) is 2.27. The number of hydrogen-bond donors (Lipinski definition) is 1. The SMILES string of the molecule is CCCc1ccc(C#Cc2ccc(C(C)NC(C)=O)cc2)cc1. The molecule has 2 aromatic rings. The van der Waals surface area contributed by atoms with Crippen molar-refractivity contribution in [3.63, 3.8) is 0 Å². The van der Waals surface area contributed by atoms with E-state index in [2.05, 4.69) is 48.3 Å². The zero-order chi connectivity index (χ0) is 16.7. The Balaban J connectivity index is 2.05. The van der Waals surface area contributed by atoms with Crippen LogP contribution >= 0.6 is 0 Å². The molecule has 0 aliphatic heterocycles. The van der Waals surface area contributed by atoms with Crippen molar-refractivity contribution >= 4 is 5.91 Å². The fraction of sp³-hybridized carbons (Fsp3) is 0.286. The van der Waals surface area contributed by atoms with Gasteiger partial charge in [-0.2, -0.15) is 0 Å². The Morgan fingerprint density at radius 2 is 1.52 bits per heavy atom. The van der Waals surface area contributed by atoms with E-state index in [4.69, 9.17) is 0 Å². The van der Waals surface area contributed by atoms with E-state index in [9.17, 15) is 4.79 Å². The van der Waals surface area contributed by atoms with Crippen molar-refractivity contribution in [3.8, 4) is 11.8 Å². The van der Waals surface area contributed by atoms with Crippen molar-refractivity contribution in [1.29, 1.82) is 0 Å². The summed E-state index contributed by atoms with van der Waals surface area (Å²) in [5.74, 6) is 6.35. The highest BCUT2D eigenvalue weighted by atomic mass is 16.1. The van der Waals surface area contributed by atoms with Crippen LogP contribution in [0.5, 0.6) is 0 Å². The maximum atomic E-state index is 11.1. The van der Waals surface area contributed by atoms with Crippen LogP contribution in [0.4, 0.5) is 0 Å². The molecule has 0 aliphatic carbocycles. The van der Waals surface area contributed by atoms with Gasteiger partial charge in [-0.3, -0.25) is 4.79 Å². The lowest BCUT2D eigenvalue weighted by Gasteiger charge is -2.12. The molecule has 0 saturated heterocycles. The van der Waals surface area contributed by atoms with Crippen molar-refractivity contribution in [1.82, 2.24) is 5.32 Å². The van der Waals surface area contributed by atoms with Crippen LogP contribution in [-0.2, 0) is 11.2 Å². The number of benzene rings is 2. The second kappa shape index (κ2) is 8.19. The predicted octanol–water partition coefficient (Wildman–Crippen LogP) is 4.24. The third-order valence-electron chi connectivity index (χ3n) is 3.67.